The number of nitrogens with one attached hydrogen (secondary N) is 2. The minimum atomic E-state index is -3.69. The lowest BCUT2D eigenvalue weighted by Crippen LogP contribution is -2.24. The van der Waals surface area contributed by atoms with Gasteiger partial charge in [-0.2, -0.15) is 0 Å². The lowest BCUT2D eigenvalue weighted by molar-refractivity contribution is 0.0958. The minimum Gasteiger partial charge on any atom is -0.349 e. The van der Waals surface area contributed by atoms with Gasteiger partial charge in [-0.1, -0.05) is 17.7 Å². The summed E-state index contributed by atoms with van der Waals surface area (Å²) in [6.07, 6.45) is 1.53. The molecule has 7 heteroatoms. The van der Waals surface area contributed by atoms with Gasteiger partial charge in [0, 0.05) is 12.1 Å². The van der Waals surface area contributed by atoms with Crippen LogP contribution in [0.5, 0.6) is 0 Å². The lowest BCUT2D eigenvalue weighted by atomic mass is 10.2. The molecule has 0 aliphatic rings. The topological polar surface area (TPSA) is 75.3 Å². The number of amides is 1. The molecule has 0 unspecified atom stereocenters. The Labute approximate surface area is 111 Å². The highest BCUT2D eigenvalue weighted by Crippen LogP contribution is 2.22. The van der Waals surface area contributed by atoms with Crippen LogP contribution in [0, 0.1) is 0 Å². The van der Waals surface area contributed by atoms with Crippen molar-refractivity contribution in [2.45, 2.75) is 4.90 Å². The molecule has 1 amide bonds. The van der Waals surface area contributed by atoms with E-state index in [2.05, 4.69) is 16.6 Å². The highest BCUT2D eigenvalue weighted by Gasteiger charge is 2.18. The number of halogens is 1. The molecular weight excluding hydrogens is 276 g/mol. The number of sulfonamides is 1. The zero-order valence-electron chi connectivity index (χ0n) is 9.73. The second-order valence-corrected chi connectivity index (χ2v) is 5.61. The largest absolute Gasteiger partial charge is 0.349 e. The standard InChI is InChI=1S/C11H13ClN2O3S/c1-3-6-14-11(15)8-4-5-9(12)10(7-8)18(16,17)13-2/h3-5,7,13H,1,6H2,2H3,(H,14,15). The molecule has 0 saturated carbocycles. The van der Waals surface area contributed by atoms with Crippen LogP contribution in [0.1, 0.15) is 10.4 Å². The summed E-state index contributed by atoms with van der Waals surface area (Å²) in [5, 5.41) is 2.61. The Morgan fingerprint density at radius 1 is 1.50 bits per heavy atom. The highest BCUT2D eigenvalue weighted by molar-refractivity contribution is 7.89. The molecule has 0 aliphatic carbocycles. The molecule has 0 aromatic heterocycles. The Kier molecular flexibility index (Phi) is 4.89. The molecule has 98 valence electrons. The van der Waals surface area contributed by atoms with Crippen LogP contribution < -0.4 is 10.0 Å². The Hall–Kier alpha value is -1.37. The van der Waals surface area contributed by atoms with Gasteiger partial charge in [-0.05, 0) is 25.2 Å². The molecule has 0 radical (unpaired) electrons. The SMILES string of the molecule is C=CCNC(=O)c1ccc(Cl)c(S(=O)(=O)NC)c1. The first-order chi connectivity index (χ1) is 8.42. The molecular formula is C11H13ClN2O3S. The molecule has 1 rings (SSSR count). The molecule has 1 aromatic rings. The zero-order chi connectivity index (χ0) is 13.8. The maximum Gasteiger partial charge on any atom is 0.251 e. The van der Waals surface area contributed by atoms with E-state index in [-0.39, 0.29) is 21.4 Å². The summed E-state index contributed by atoms with van der Waals surface area (Å²) >= 11 is 5.80. The molecule has 0 spiro atoms. The zero-order valence-corrected chi connectivity index (χ0v) is 11.3. The van der Waals surface area contributed by atoms with Gasteiger partial charge in [0.05, 0.1) is 5.02 Å². The normalized spacial score (nSPS) is 11.0. The predicted molar refractivity (Wildman–Crippen MR) is 70.2 cm³/mol. The number of hydrogen-bond donors (Lipinski definition) is 2. The quantitative estimate of drug-likeness (QED) is 0.799. The minimum absolute atomic E-state index is 0.0598. The fourth-order valence-electron chi connectivity index (χ4n) is 1.23. The number of carbonyl (C=O) groups is 1. The van der Waals surface area contributed by atoms with Gasteiger partial charge >= 0.3 is 0 Å². The molecule has 0 heterocycles. The van der Waals surface area contributed by atoms with E-state index in [0.29, 0.717) is 6.54 Å². The fourth-order valence-corrected chi connectivity index (χ4v) is 2.48. The average molecular weight is 289 g/mol. The van der Waals surface area contributed by atoms with Gasteiger partial charge in [-0.3, -0.25) is 4.79 Å². The maximum atomic E-state index is 11.7. The third kappa shape index (κ3) is 3.32. The lowest BCUT2D eigenvalue weighted by Gasteiger charge is -2.08. The van der Waals surface area contributed by atoms with Crippen molar-refractivity contribution in [1.29, 1.82) is 0 Å². The van der Waals surface area contributed by atoms with Crippen LogP contribution in [0.3, 0.4) is 0 Å². The number of hydrogen-bond acceptors (Lipinski definition) is 3. The van der Waals surface area contributed by atoms with E-state index in [4.69, 9.17) is 11.6 Å². The van der Waals surface area contributed by atoms with Gasteiger partial charge < -0.3 is 5.32 Å². The van der Waals surface area contributed by atoms with Gasteiger partial charge in [-0.15, -0.1) is 6.58 Å². The van der Waals surface area contributed by atoms with Crippen LogP contribution in [0.15, 0.2) is 35.7 Å². The summed E-state index contributed by atoms with van der Waals surface area (Å²) in [5.41, 5.74) is 0.218. The van der Waals surface area contributed by atoms with Gasteiger partial charge in [0.15, 0.2) is 0 Å². The second kappa shape index (κ2) is 5.99. The van der Waals surface area contributed by atoms with Gasteiger partial charge in [0.1, 0.15) is 4.90 Å². The summed E-state index contributed by atoms with van der Waals surface area (Å²) in [7, 11) is -2.41. The molecule has 2 N–H and O–H groups in total. The highest BCUT2D eigenvalue weighted by atomic mass is 35.5. The van der Waals surface area contributed by atoms with Crippen LogP contribution in [-0.4, -0.2) is 27.9 Å². The van der Waals surface area contributed by atoms with Crippen molar-refractivity contribution >= 4 is 27.5 Å². The van der Waals surface area contributed by atoms with Crippen LogP contribution in [0.2, 0.25) is 5.02 Å². The van der Waals surface area contributed by atoms with Gasteiger partial charge in [-0.25, -0.2) is 13.1 Å². The van der Waals surface area contributed by atoms with Crippen LogP contribution in [0.4, 0.5) is 0 Å². The third-order valence-corrected chi connectivity index (χ3v) is 4.05. The molecule has 0 atom stereocenters. The van der Waals surface area contributed by atoms with E-state index >= 15 is 0 Å². The molecule has 1 aromatic carbocycles. The van der Waals surface area contributed by atoms with Crippen molar-refractivity contribution in [3.05, 3.63) is 41.4 Å². The first-order valence-electron chi connectivity index (χ1n) is 5.04. The third-order valence-electron chi connectivity index (χ3n) is 2.16. The van der Waals surface area contributed by atoms with Crippen molar-refractivity contribution in [2.24, 2.45) is 0 Å². The Morgan fingerprint density at radius 3 is 2.72 bits per heavy atom. The summed E-state index contributed by atoms with van der Waals surface area (Å²) in [6, 6.07) is 4.05. The van der Waals surface area contributed by atoms with Crippen molar-refractivity contribution in [3.8, 4) is 0 Å². The van der Waals surface area contributed by atoms with Crippen LogP contribution in [0.25, 0.3) is 0 Å². The van der Waals surface area contributed by atoms with E-state index in [1.807, 2.05) is 0 Å². The van der Waals surface area contributed by atoms with Gasteiger partial charge in [0.2, 0.25) is 10.0 Å². The molecule has 5 nitrogen and oxygen atoms in total. The van der Waals surface area contributed by atoms with E-state index in [0.717, 1.165) is 0 Å². The Balaban J connectivity index is 3.16. The summed E-state index contributed by atoms with van der Waals surface area (Å²) in [6.45, 7) is 3.77. The maximum absolute atomic E-state index is 11.7. The monoisotopic (exact) mass is 288 g/mol. The molecule has 18 heavy (non-hydrogen) atoms. The van der Waals surface area contributed by atoms with Gasteiger partial charge in [0.25, 0.3) is 5.91 Å². The van der Waals surface area contributed by atoms with E-state index in [9.17, 15) is 13.2 Å². The summed E-state index contributed by atoms with van der Waals surface area (Å²) < 4.78 is 25.5. The Bertz CT molecular complexity index is 570. The van der Waals surface area contributed by atoms with Crippen molar-refractivity contribution < 1.29 is 13.2 Å². The average Bonchev–Trinajstić information content (AvgIpc) is 2.36. The second-order valence-electron chi connectivity index (χ2n) is 3.35. The molecule has 0 bridgehead atoms. The summed E-state index contributed by atoms with van der Waals surface area (Å²) in [4.78, 5) is 11.5. The molecule has 0 fully saturated rings. The van der Waals surface area contributed by atoms with Crippen molar-refractivity contribution in [1.82, 2.24) is 10.0 Å². The molecule has 0 aliphatic heterocycles. The fraction of sp³-hybridized carbons (Fsp3) is 0.182. The predicted octanol–water partition coefficient (Wildman–Crippen LogP) is 1.16. The summed E-state index contributed by atoms with van der Waals surface area (Å²) in [5.74, 6) is -0.390. The van der Waals surface area contributed by atoms with Crippen LogP contribution >= 0.6 is 11.6 Å². The van der Waals surface area contributed by atoms with Crippen LogP contribution in [-0.2, 0) is 10.0 Å². The Morgan fingerprint density at radius 2 is 2.17 bits per heavy atom. The number of rotatable bonds is 5. The van der Waals surface area contributed by atoms with Crippen molar-refractivity contribution in [3.63, 3.8) is 0 Å². The smallest absolute Gasteiger partial charge is 0.251 e. The number of benzene rings is 1. The van der Waals surface area contributed by atoms with E-state index in [1.165, 1.54) is 31.3 Å². The first kappa shape index (κ1) is 14.7. The first-order valence-corrected chi connectivity index (χ1v) is 6.90. The van der Waals surface area contributed by atoms with E-state index in [1.54, 1.807) is 0 Å². The number of carbonyl (C=O) groups excluding carboxylic acids is 1. The molecule has 0 saturated heterocycles. The van der Waals surface area contributed by atoms with Crippen molar-refractivity contribution in [2.75, 3.05) is 13.6 Å². The van der Waals surface area contributed by atoms with E-state index < -0.39 is 10.0 Å².